The molecule has 0 radical (unpaired) electrons. The molecule has 5 heteroatoms. The van der Waals surface area contributed by atoms with Crippen LogP contribution < -0.4 is 4.74 Å². The van der Waals surface area contributed by atoms with E-state index in [2.05, 4.69) is 20.9 Å². The molecule has 1 heterocycles. The van der Waals surface area contributed by atoms with E-state index in [0.717, 1.165) is 5.39 Å². The molecule has 4 nitrogen and oxygen atoms in total. The van der Waals surface area contributed by atoms with Gasteiger partial charge in [0.05, 0.1) is 18.7 Å². The number of esters is 1. The summed E-state index contributed by atoms with van der Waals surface area (Å²) >= 11 is 3.42. The van der Waals surface area contributed by atoms with Gasteiger partial charge in [0.1, 0.15) is 5.75 Å². The van der Waals surface area contributed by atoms with Crippen molar-refractivity contribution in [3.05, 3.63) is 34.6 Å². The van der Waals surface area contributed by atoms with E-state index in [1.807, 2.05) is 18.2 Å². The van der Waals surface area contributed by atoms with Gasteiger partial charge in [-0.25, -0.2) is 9.78 Å². The van der Waals surface area contributed by atoms with E-state index in [1.165, 1.54) is 7.11 Å². The third-order valence-corrected chi connectivity index (χ3v) is 3.22. The zero-order valence-corrected chi connectivity index (χ0v) is 10.9. The Hall–Kier alpha value is -1.62. The molecule has 0 aliphatic carbocycles. The molecule has 0 saturated carbocycles. The number of carbonyl (C=O) groups is 1. The van der Waals surface area contributed by atoms with Crippen molar-refractivity contribution in [2.45, 2.75) is 0 Å². The molecule has 0 fully saturated rings. The van der Waals surface area contributed by atoms with Gasteiger partial charge < -0.3 is 9.47 Å². The normalized spacial score (nSPS) is 10.3. The molecular formula is C12H10BrNO3. The highest BCUT2D eigenvalue weighted by molar-refractivity contribution is 9.10. The van der Waals surface area contributed by atoms with Crippen LogP contribution in [0.15, 0.2) is 28.9 Å². The summed E-state index contributed by atoms with van der Waals surface area (Å²) in [6.07, 6.45) is 1.58. The third-order valence-electron chi connectivity index (χ3n) is 2.43. The fraction of sp³-hybridized carbons (Fsp3) is 0.167. The van der Waals surface area contributed by atoms with Crippen LogP contribution in [0.1, 0.15) is 10.5 Å². The second-order valence-corrected chi connectivity index (χ2v) is 4.12. The fourth-order valence-electron chi connectivity index (χ4n) is 1.62. The Labute approximate surface area is 107 Å². The van der Waals surface area contributed by atoms with Crippen molar-refractivity contribution < 1.29 is 14.3 Å². The Balaban J connectivity index is 2.81. The summed E-state index contributed by atoms with van der Waals surface area (Å²) in [5.41, 5.74) is 0.274. The Kier molecular flexibility index (Phi) is 3.28. The molecule has 1 aromatic heterocycles. The van der Waals surface area contributed by atoms with Crippen LogP contribution in [0.3, 0.4) is 0 Å². The molecule has 0 atom stereocenters. The van der Waals surface area contributed by atoms with Crippen molar-refractivity contribution in [1.82, 2.24) is 4.98 Å². The van der Waals surface area contributed by atoms with Crippen LogP contribution in [-0.2, 0) is 4.74 Å². The number of aromatic nitrogens is 1. The quantitative estimate of drug-likeness (QED) is 0.800. The lowest BCUT2D eigenvalue weighted by atomic mass is 10.1. The average molecular weight is 296 g/mol. The molecule has 0 unspecified atom stereocenters. The van der Waals surface area contributed by atoms with Crippen LogP contribution in [0, 0.1) is 0 Å². The first-order valence-electron chi connectivity index (χ1n) is 4.88. The smallest absolute Gasteiger partial charge is 0.357 e. The van der Waals surface area contributed by atoms with Gasteiger partial charge in [0.15, 0.2) is 5.69 Å². The standard InChI is InChI=1S/C12H10BrNO3/c1-16-8-4-3-7-5-6-14-11(12(15)17-2)9(7)10(8)13/h3-6H,1-2H3. The Morgan fingerprint density at radius 3 is 2.71 bits per heavy atom. The highest BCUT2D eigenvalue weighted by Gasteiger charge is 2.16. The van der Waals surface area contributed by atoms with Crippen LogP contribution in [0.4, 0.5) is 0 Å². The van der Waals surface area contributed by atoms with Crippen LogP contribution in [0.5, 0.6) is 5.75 Å². The van der Waals surface area contributed by atoms with Gasteiger partial charge in [-0.3, -0.25) is 0 Å². The lowest BCUT2D eigenvalue weighted by molar-refractivity contribution is 0.0596. The molecule has 0 amide bonds. The van der Waals surface area contributed by atoms with Gasteiger partial charge >= 0.3 is 5.97 Å². The number of nitrogens with zero attached hydrogens (tertiary/aromatic N) is 1. The Morgan fingerprint density at radius 1 is 1.29 bits per heavy atom. The number of ether oxygens (including phenoxy) is 2. The lowest BCUT2D eigenvalue weighted by Crippen LogP contribution is -2.05. The van der Waals surface area contributed by atoms with E-state index in [1.54, 1.807) is 13.3 Å². The van der Waals surface area contributed by atoms with Crippen molar-refractivity contribution in [2.24, 2.45) is 0 Å². The predicted molar refractivity (Wildman–Crippen MR) is 67.3 cm³/mol. The zero-order valence-electron chi connectivity index (χ0n) is 9.36. The first-order valence-corrected chi connectivity index (χ1v) is 5.68. The van der Waals surface area contributed by atoms with Crippen LogP contribution >= 0.6 is 15.9 Å². The number of methoxy groups -OCH3 is 2. The van der Waals surface area contributed by atoms with Gasteiger partial charge in [-0.05, 0) is 33.4 Å². The van der Waals surface area contributed by atoms with Crippen molar-refractivity contribution in [2.75, 3.05) is 14.2 Å². The molecule has 0 aliphatic heterocycles. The highest BCUT2D eigenvalue weighted by Crippen LogP contribution is 2.34. The summed E-state index contributed by atoms with van der Waals surface area (Å²) < 4.78 is 10.6. The molecule has 0 aliphatic rings. The molecule has 0 saturated heterocycles. The van der Waals surface area contributed by atoms with Crippen molar-refractivity contribution in [3.8, 4) is 5.75 Å². The van der Waals surface area contributed by atoms with Crippen LogP contribution in [0.25, 0.3) is 10.8 Å². The van der Waals surface area contributed by atoms with E-state index in [0.29, 0.717) is 15.6 Å². The summed E-state index contributed by atoms with van der Waals surface area (Å²) in [5.74, 6) is 0.181. The number of fused-ring (bicyclic) bond motifs is 1. The number of halogens is 1. The maximum atomic E-state index is 11.6. The van der Waals surface area contributed by atoms with Crippen molar-refractivity contribution in [3.63, 3.8) is 0 Å². The Morgan fingerprint density at radius 2 is 2.06 bits per heavy atom. The summed E-state index contributed by atoms with van der Waals surface area (Å²) in [6, 6.07) is 5.52. The minimum absolute atomic E-state index is 0.274. The van der Waals surface area contributed by atoms with Gasteiger partial charge in [-0.15, -0.1) is 0 Å². The molecule has 2 rings (SSSR count). The average Bonchev–Trinajstić information content (AvgIpc) is 2.37. The van der Waals surface area contributed by atoms with Crippen LogP contribution in [0.2, 0.25) is 0 Å². The minimum atomic E-state index is -0.468. The maximum Gasteiger partial charge on any atom is 0.357 e. The summed E-state index contributed by atoms with van der Waals surface area (Å²) in [5, 5.41) is 1.59. The molecule has 17 heavy (non-hydrogen) atoms. The van der Waals surface area contributed by atoms with E-state index >= 15 is 0 Å². The minimum Gasteiger partial charge on any atom is -0.496 e. The van der Waals surface area contributed by atoms with Crippen LogP contribution in [-0.4, -0.2) is 25.2 Å². The molecular weight excluding hydrogens is 286 g/mol. The second-order valence-electron chi connectivity index (χ2n) is 3.33. The predicted octanol–water partition coefficient (Wildman–Crippen LogP) is 2.79. The van der Waals surface area contributed by atoms with Gasteiger partial charge in [0, 0.05) is 11.6 Å². The number of hydrogen-bond donors (Lipinski definition) is 0. The molecule has 0 N–H and O–H groups in total. The number of pyridine rings is 1. The number of rotatable bonds is 2. The van der Waals surface area contributed by atoms with Gasteiger partial charge in [0.25, 0.3) is 0 Å². The third kappa shape index (κ3) is 1.98. The number of hydrogen-bond acceptors (Lipinski definition) is 4. The van der Waals surface area contributed by atoms with E-state index in [9.17, 15) is 4.79 Å². The summed E-state index contributed by atoms with van der Waals surface area (Å²) in [7, 11) is 2.90. The summed E-state index contributed by atoms with van der Waals surface area (Å²) in [4.78, 5) is 15.7. The second kappa shape index (κ2) is 4.71. The van der Waals surface area contributed by atoms with Gasteiger partial charge in [-0.1, -0.05) is 6.07 Å². The van der Waals surface area contributed by atoms with Gasteiger partial charge in [-0.2, -0.15) is 0 Å². The molecule has 2 aromatic rings. The van der Waals surface area contributed by atoms with Crippen molar-refractivity contribution in [1.29, 1.82) is 0 Å². The Bertz CT molecular complexity index is 583. The lowest BCUT2D eigenvalue weighted by Gasteiger charge is -2.09. The fourth-order valence-corrected chi connectivity index (χ4v) is 2.33. The first kappa shape index (κ1) is 11.9. The number of benzene rings is 1. The zero-order chi connectivity index (χ0) is 12.4. The SMILES string of the molecule is COC(=O)c1nccc2ccc(OC)c(Br)c12. The molecule has 1 aromatic carbocycles. The highest BCUT2D eigenvalue weighted by atomic mass is 79.9. The van der Waals surface area contributed by atoms with E-state index in [4.69, 9.17) is 9.47 Å². The topological polar surface area (TPSA) is 48.4 Å². The molecule has 0 spiro atoms. The maximum absolute atomic E-state index is 11.6. The first-order chi connectivity index (χ1) is 8.19. The monoisotopic (exact) mass is 295 g/mol. The number of carbonyl (C=O) groups excluding carboxylic acids is 1. The van der Waals surface area contributed by atoms with E-state index in [-0.39, 0.29) is 5.69 Å². The molecule has 0 bridgehead atoms. The van der Waals surface area contributed by atoms with Gasteiger partial charge in [0.2, 0.25) is 0 Å². The summed E-state index contributed by atoms with van der Waals surface area (Å²) in [6.45, 7) is 0. The largest absolute Gasteiger partial charge is 0.496 e. The molecule has 88 valence electrons. The van der Waals surface area contributed by atoms with E-state index < -0.39 is 5.97 Å². The van der Waals surface area contributed by atoms with Crippen molar-refractivity contribution >= 4 is 32.7 Å².